The Kier molecular flexibility index (Phi) is 3.52. The summed E-state index contributed by atoms with van der Waals surface area (Å²) in [5.74, 6) is 0.826. The summed E-state index contributed by atoms with van der Waals surface area (Å²) in [5.41, 5.74) is 0.293. The van der Waals surface area contributed by atoms with E-state index in [1.165, 1.54) is 38.4 Å². The van der Waals surface area contributed by atoms with E-state index >= 15 is 0 Å². The minimum Gasteiger partial charge on any atom is -0.498 e. The van der Waals surface area contributed by atoms with E-state index in [1.54, 1.807) is 0 Å². The summed E-state index contributed by atoms with van der Waals surface area (Å²) >= 11 is 0. The Bertz CT molecular complexity index is 264. The van der Waals surface area contributed by atoms with Crippen molar-refractivity contribution in [1.29, 1.82) is 0 Å². The quantitative estimate of drug-likeness (QED) is 0.395. The molecule has 0 aromatic heterocycles. The molecule has 0 aromatic rings. The highest BCUT2D eigenvalue weighted by atomic mass is 16.6. The number of ether oxygens (including phenoxy) is 2. The average Bonchev–Trinajstić information content (AvgIpc) is 2.84. The Hall–Kier alpha value is -0.990. The fraction of sp³-hybridized carbons (Fsp3) is 0.769. The van der Waals surface area contributed by atoms with Crippen LogP contribution in [0.2, 0.25) is 0 Å². The van der Waals surface area contributed by atoms with Crippen molar-refractivity contribution < 1.29 is 14.3 Å². The van der Waals surface area contributed by atoms with E-state index < -0.39 is 0 Å². The van der Waals surface area contributed by atoms with Crippen molar-refractivity contribution in [1.82, 2.24) is 0 Å². The molecule has 3 nitrogen and oxygen atoms in total. The number of fused-ring (bicyclic) bond motifs is 2. The maximum atomic E-state index is 11.6. The number of rotatable bonds is 6. The highest BCUT2D eigenvalue weighted by molar-refractivity contribution is 5.70. The van der Waals surface area contributed by atoms with Crippen molar-refractivity contribution in [2.24, 2.45) is 11.3 Å². The van der Waals surface area contributed by atoms with Gasteiger partial charge in [-0.15, -0.1) is 0 Å². The summed E-state index contributed by atoms with van der Waals surface area (Å²) < 4.78 is 10.0. The normalized spacial score (nSPS) is 31.4. The monoisotopic (exact) mass is 224 g/mol. The Balaban J connectivity index is 1.69. The maximum absolute atomic E-state index is 11.6. The van der Waals surface area contributed by atoms with E-state index in [0.29, 0.717) is 25.0 Å². The molecule has 2 fully saturated rings. The third kappa shape index (κ3) is 2.57. The molecule has 0 unspecified atom stereocenters. The zero-order chi connectivity index (χ0) is 11.4. The van der Waals surface area contributed by atoms with E-state index in [9.17, 15) is 4.79 Å². The lowest BCUT2D eigenvalue weighted by atomic mass is 9.81. The Morgan fingerprint density at radius 1 is 1.38 bits per heavy atom. The van der Waals surface area contributed by atoms with Gasteiger partial charge in [0.05, 0.1) is 12.7 Å². The molecule has 0 atom stereocenters. The molecule has 3 heteroatoms. The van der Waals surface area contributed by atoms with Gasteiger partial charge in [-0.3, -0.25) is 4.79 Å². The second-order valence-electron chi connectivity index (χ2n) is 5.08. The summed E-state index contributed by atoms with van der Waals surface area (Å²) in [6, 6.07) is 0. The molecule has 0 heterocycles. The number of hydrogen-bond donors (Lipinski definition) is 0. The van der Waals surface area contributed by atoms with Crippen molar-refractivity contribution in [3.63, 3.8) is 0 Å². The third-order valence-corrected chi connectivity index (χ3v) is 3.99. The summed E-state index contributed by atoms with van der Waals surface area (Å²) in [6.45, 7) is 4.17. The highest BCUT2D eigenvalue weighted by Gasteiger charge is 2.46. The van der Waals surface area contributed by atoms with E-state index in [2.05, 4.69) is 6.58 Å². The van der Waals surface area contributed by atoms with Crippen molar-refractivity contribution in [2.75, 3.05) is 13.2 Å². The van der Waals surface area contributed by atoms with E-state index in [1.807, 2.05) is 0 Å². The molecule has 0 radical (unpaired) electrons. The molecule has 2 aliphatic carbocycles. The van der Waals surface area contributed by atoms with E-state index in [0.717, 1.165) is 5.92 Å². The third-order valence-electron chi connectivity index (χ3n) is 3.99. The molecule has 90 valence electrons. The van der Waals surface area contributed by atoms with E-state index in [-0.39, 0.29) is 5.97 Å². The van der Waals surface area contributed by atoms with Crippen molar-refractivity contribution in [2.45, 2.75) is 38.5 Å². The average molecular weight is 224 g/mol. The molecular formula is C13H20O3. The molecule has 2 saturated carbocycles. The summed E-state index contributed by atoms with van der Waals surface area (Å²) in [4.78, 5) is 11.6. The van der Waals surface area contributed by atoms with Crippen LogP contribution in [0, 0.1) is 11.3 Å². The number of carbonyl (C=O) groups excluding carboxylic acids is 1. The van der Waals surface area contributed by atoms with Gasteiger partial charge in [-0.1, -0.05) is 6.58 Å². The standard InChI is InChI=1S/C13H20O3/c1-2-15-7-8-16-12(14)10-13-5-3-11(9-13)4-6-13/h2,11H,1,3-10H2. The van der Waals surface area contributed by atoms with Gasteiger partial charge in [-0.2, -0.15) is 0 Å². The molecule has 2 aliphatic rings. The van der Waals surface area contributed by atoms with Crippen LogP contribution in [0.25, 0.3) is 0 Å². The van der Waals surface area contributed by atoms with E-state index in [4.69, 9.17) is 9.47 Å². The van der Waals surface area contributed by atoms with Crippen LogP contribution < -0.4 is 0 Å². The van der Waals surface area contributed by atoms with Crippen LogP contribution >= 0.6 is 0 Å². The van der Waals surface area contributed by atoms with Crippen LogP contribution in [0.15, 0.2) is 12.8 Å². The first-order valence-electron chi connectivity index (χ1n) is 6.12. The van der Waals surface area contributed by atoms with Gasteiger partial charge in [0, 0.05) is 0 Å². The molecule has 0 aromatic carbocycles. The highest BCUT2D eigenvalue weighted by Crippen LogP contribution is 2.56. The topological polar surface area (TPSA) is 35.5 Å². The minimum absolute atomic E-state index is 0.0600. The van der Waals surface area contributed by atoms with Crippen LogP contribution in [0.4, 0.5) is 0 Å². The van der Waals surface area contributed by atoms with Crippen LogP contribution in [-0.4, -0.2) is 19.2 Å². The van der Waals surface area contributed by atoms with Gasteiger partial charge in [0.25, 0.3) is 0 Å². The molecule has 0 amide bonds. The lowest BCUT2D eigenvalue weighted by Gasteiger charge is -2.24. The van der Waals surface area contributed by atoms with Crippen LogP contribution in [0.1, 0.15) is 38.5 Å². The number of carbonyl (C=O) groups is 1. The lowest BCUT2D eigenvalue weighted by molar-refractivity contribution is -0.147. The zero-order valence-corrected chi connectivity index (χ0v) is 9.74. The maximum Gasteiger partial charge on any atom is 0.306 e. The van der Waals surface area contributed by atoms with Crippen molar-refractivity contribution in [3.05, 3.63) is 12.8 Å². The summed E-state index contributed by atoms with van der Waals surface area (Å²) in [6.07, 6.45) is 8.28. The van der Waals surface area contributed by atoms with Crippen LogP contribution in [0.5, 0.6) is 0 Å². The first kappa shape index (κ1) is 11.5. The fourth-order valence-corrected chi connectivity index (χ4v) is 3.20. The lowest BCUT2D eigenvalue weighted by Crippen LogP contribution is -2.21. The molecule has 0 spiro atoms. The first-order chi connectivity index (χ1) is 7.74. The van der Waals surface area contributed by atoms with Gasteiger partial charge in [0.1, 0.15) is 13.2 Å². The number of hydrogen-bond acceptors (Lipinski definition) is 3. The molecular weight excluding hydrogens is 204 g/mol. The van der Waals surface area contributed by atoms with Gasteiger partial charge in [-0.05, 0) is 43.4 Å². The second-order valence-corrected chi connectivity index (χ2v) is 5.08. The first-order valence-corrected chi connectivity index (χ1v) is 6.12. The molecule has 2 bridgehead atoms. The smallest absolute Gasteiger partial charge is 0.306 e. The van der Waals surface area contributed by atoms with Gasteiger partial charge < -0.3 is 9.47 Å². The van der Waals surface area contributed by atoms with Gasteiger partial charge in [0.15, 0.2) is 0 Å². The summed E-state index contributed by atoms with van der Waals surface area (Å²) in [5, 5.41) is 0. The molecule has 2 rings (SSSR count). The zero-order valence-electron chi connectivity index (χ0n) is 9.74. The van der Waals surface area contributed by atoms with Crippen LogP contribution in [0.3, 0.4) is 0 Å². The van der Waals surface area contributed by atoms with Gasteiger partial charge in [-0.25, -0.2) is 0 Å². The van der Waals surface area contributed by atoms with Gasteiger partial charge in [0.2, 0.25) is 0 Å². The van der Waals surface area contributed by atoms with Gasteiger partial charge >= 0.3 is 5.97 Å². The second kappa shape index (κ2) is 4.89. The molecule has 16 heavy (non-hydrogen) atoms. The predicted molar refractivity (Wildman–Crippen MR) is 60.7 cm³/mol. The summed E-state index contributed by atoms with van der Waals surface area (Å²) in [7, 11) is 0. The predicted octanol–water partition coefficient (Wildman–Crippen LogP) is 2.66. The number of esters is 1. The minimum atomic E-state index is -0.0600. The molecule has 0 saturated heterocycles. The Labute approximate surface area is 96.8 Å². The largest absolute Gasteiger partial charge is 0.498 e. The van der Waals surface area contributed by atoms with Crippen molar-refractivity contribution >= 4 is 5.97 Å². The Morgan fingerprint density at radius 2 is 2.12 bits per heavy atom. The molecule has 0 aliphatic heterocycles. The molecule has 0 N–H and O–H groups in total. The Morgan fingerprint density at radius 3 is 2.69 bits per heavy atom. The van der Waals surface area contributed by atoms with Crippen LogP contribution in [-0.2, 0) is 14.3 Å². The fourth-order valence-electron chi connectivity index (χ4n) is 3.20. The van der Waals surface area contributed by atoms with Crippen molar-refractivity contribution in [3.8, 4) is 0 Å². The SMILES string of the molecule is C=COCCOC(=O)CC12CCC(CC1)C2.